The van der Waals surface area contributed by atoms with Crippen molar-refractivity contribution in [2.24, 2.45) is 0 Å². The smallest absolute Gasteiger partial charge is 0.261 e. The maximum absolute atomic E-state index is 12.4. The van der Waals surface area contributed by atoms with Crippen LogP contribution in [0.25, 0.3) is 0 Å². The fourth-order valence-electron chi connectivity index (χ4n) is 1.96. The van der Waals surface area contributed by atoms with Gasteiger partial charge in [-0.15, -0.1) is 0 Å². The zero-order valence-corrected chi connectivity index (χ0v) is 13.5. The lowest BCUT2D eigenvalue weighted by Crippen LogP contribution is -2.16. The average molecular weight is 318 g/mol. The number of hydrogen-bond donors (Lipinski definition) is 2. The van der Waals surface area contributed by atoms with Crippen LogP contribution in [0.15, 0.2) is 47.4 Å². The molecule has 0 saturated heterocycles. The number of amides is 1. The van der Waals surface area contributed by atoms with Crippen LogP contribution in [0.1, 0.15) is 18.1 Å². The second-order valence-corrected chi connectivity index (χ2v) is 6.83. The molecule has 0 saturated carbocycles. The van der Waals surface area contributed by atoms with Gasteiger partial charge in [0.2, 0.25) is 5.91 Å². The van der Waals surface area contributed by atoms with Crippen molar-refractivity contribution in [2.75, 3.05) is 10.0 Å². The van der Waals surface area contributed by atoms with Crippen LogP contribution in [-0.2, 0) is 14.8 Å². The summed E-state index contributed by atoms with van der Waals surface area (Å²) < 4.78 is 27.3. The first-order valence-corrected chi connectivity index (χ1v) is 8.24. The Balaban J connectivity index is 2.37. The van der Waals surface area contributed by atoms with Crippen molar-refractivity contribution in [1.82, 2.24) is 0 Å². The number of anilines is 2. The van der Waals surface area contributed by atoms with Crippen molar-refractivity contribution in [1.29, 1.82) is 0 Å². The molecule has 0 atom stereocenters. The Morgan fingerprint density at radius 1 is 0.909 bits per heavy atom. The molecule has 0 aromatic heterocycles. The zero-order valence-electron chi connectivity index (χ0n) is 12.7. The van der Waals surface area contributed by atoms with Crippen molar-refractivity contribution in [2.45, 2.75) is 25.7 Å². The highest BCUT2D eigenvalue weighted by molar-refractivity contribution is 7.92. The maximum Gasteiger partial charge on any atom is 0.261 e. The van der Waals surface area contributed by atoms with Gasteiger partial charge >= 0.3 is 0 Å². The van der Waals surface area contributed by atoms with Gasteiger partial charge in [0.25, 0.3) is 10.0 Å². The Morgan fingerprint density at radius 3 is 2.09 bits per heavy atom. The van der Waals surface area contributed by atoms with Crippen molar-refractivity contribution in [3.05, 3.63) is 53.6 Å². The Labute approximate surface area is 130 Å². The van der Waals surface area contributed by atoms with Crippen molar-refractivity contribution < 1.29 is 13.2 Å². The van der Waals surface area contributed by atoms with E-state index < -0.39 is 10.0 Å². The maximum atomic E-state index is 12.4. The number of benzene rings is 2. The van der Waals surface area contributed by atoms with E-state index in [1.807, 2.05) is 13.8 Å². The van der Waals surface area contributed by atoms with Crippen molar-refractivity contribution in [3.63, 3.8) is 0 Å². The molecule has 2 rings (SSSR count). The van der Waals surface area contributed by atoms with Crippen LogP contribution in [-0.4, -0.2) is 14.3 Å². The molecule has 0 heterocycles. The lowest BCUT2D eigenvalue weighted by Gasteiger charge is -2.14. The third-order valence-corrected chi connectivity index (χ3v) is 4.44. The van der Waals surface area contributed by atoms with Crippen molar-refractivity contribution in [3.8, 4) is 0 Å². The second-order valence-electron chi connectivity index (χ2n) is 5.15. The standard InChI is InChI=1S/C16H18N2O3S/c1-11-4-7-14(8-5-11)22(20,21)18-15-9-6-12(2)10-16(15)17-13(3)19/h4-10,18H,1-3H3,(H,17,19). The van der Waals surface area contributed by atoms with Crippen molar-refractivity contribution >= 4 is 27.3 Å². The molecule has 6 heteroatoms. The van der Waals surface area contributed by atoms with E-state index in [1.54, 1.807) is 42.5 Å². The molecular formula is C16H18N2O3S. The first kappa shape index (κ1) is 16.0. The quantitative estimate of drug-likeness (QED) is 0.909. The van der Waals surface area contributed by atoms with Gasteiger partial charge in [0.15, 0.2) is 0 Å². The molecule has 2 aromatic rings. The summed E-state index contributed by atoms with van der Waals surface area (Å²) in [5, 5.41) is 2.63. The molecule has 1 amide bonds. The molecule has 2 N–H and O–H groups in total. The lowest BCUT2D eigenvalue weighted by atomic mass is 10.2. The average Bonchev–Trinajstić information content (AvgIpc) is 2.41. The summed E-state index contributed by atoms with van der Waals surface area (Å²) in [6.45, 7) is 5.13. The van der Waals surface area contributed by atoms with E-state index in [-0.39, 0.29) is 10.8 Å². The molecule has 2 aromatic carbocycles. The van der Waals surface area contributed by atoms with Gasteiger partial charge in [0, 0.05) is 6.92 Å². The Morgan fingerprint density at radius 2 is 1.50 bits per heavy atom. The van der Waals surface area contributed by atoms with Crippen LogP contribution < -0.4 is 10.0 Å². The second kappa shape index (κ2) is 6.19. The summed E-state index contributed by atoms with van der Waals surface area (Å²) in [7, 11) is -3.70. The van der Waals surface area contributed by atoms with Gasteiger partial charge in [0.05, 0.1) is 16.3 Å². The van der Waals surface area contributed by atoms with Crippen LogP contribution in [0, 0.1) is 13.8 Å². The zero-order chi connectivity index (χ0) is 16.3. The molecule has 0 aliphatic carbocycles. The van der Waals surface area contributed by atoms with Crippen LogP contribution in [0.2, 0.25) is 0 Å². The van der Waals surface area contributed by atoms with Gasteiger partial charge < -0.3 is 5.32 Å². The largest absolute Gasteiger partial charge is 0.325 e. The van der Waals surface area contributed by atoms with Crippen LogP contribution in [0.4, 0.5) is 11.4 Å². The third-order valence-electron chi connectivity index (χ3n) is 3.06. The monoisotopic (exact) mass is 318 g/mol. The normalized spacial score (nSPS) is 11.0. The number of aryl methyl sites for hydroxylation is 2. The number of nitrogens with one attached hydrogen (secondary N) is 2. The van der Waals surface area contributed by atoms with E-state index in [0.717, 1.165) is 11.1 Å². The highest BCUT2D eigenvalue weighted by atomic mass is 32.2. The molecule has 0 aliphatic heterocycles. The van der Waals surface area contributed by atoms with Gasteiger partial charge in [-0.25, -0.2) is 8.42 Å². The van der Waals surface area contributed by atoms with Gasteiger partial charge in [-0.05, 0) is 43.7 Å². The van der Waals surface area contributed by atoms with Gasteiger partial charge in [-0.3, -0.25) is 9.52 Å². The summed E-state index contributed by atoms with van der Waals surface area (Å²) in [5.41, 5.74) is 2.67. The van der Waals surface area contributed by atoms with E-state index >= 15 is 0 Å². The molecule has 0 unspecified atom stereocenters. The number of sulfonamides is 1. The summed E-state index contributed by atoms with van der Waals surface area (Å²) in [5.74, 6) is -0.263. The molecule has 116 valence electrons. The minimum absolute atomic E-state index is 0.174. The highest BCUT2D eigenvalue weighted by Gasteiger charge is 2.16. The molecule has 0 radical (unpaired) electrons. The molecule has 22 heavy (non-hydrogen) atoms. The number of rotatable bonds is 4. The van der Waals surface area contributed by atoms with Gasteiger partial charge in [-0.2, -0.15) is 0 Å². The van der Waals surface area contributed by atoms with Crippen LogP contribution >= 0.6 is 0 Å². The SMILES string of the molecule is CC(=O)Nc1cc(C)ccc1NS(=O)(=O)c1ccc(C)cc1. The number of carbonyl (C=O) groups excluding carboxylic acids is 1. The van der Waals surface area contributed by atoms with Crippen LogP contribution in [0.5, 0.6) is 0 Å². The Hall–Kier alpha value is -2.34. The topological polar surface area (TPSA) is 75.3 Å². The Kier molecular flexibility index (Phi) is 4.51. The molecule has 0 aliphatic rings. The predicted octanol–water partition coefficient (Wildman–Crippen LogP) is 3.06. The molecule has 0 fully saturated rings. The molecule has 5 nitrogen and oxygen atoms in total. The van der Waals surface area contributed by atoms with E-state index in [4.69, 9.17) is 0 Å². The summed E-state index contributed by atoms with van der Waals surface area (Å²) in [6.07, 6.45) is 0. The minimum atomic E-state index is -3.70. The fourth-order valence-corrected chi connectivity index (χ4v) is 3.04. The van der Waals surface area contributed by atoms with Gasteiger partial charge in [0.1, 0.15) is 0 Å². The first-order valence-electron chi connectivity index (χ1n) is 6.76. The predicted molar refractivity (Wildman–Crippen MR) is 87.5 cm³/mol. The van der Waals surface area contributed by atoms with E-state index in [0.29, 0.717) is 11.4 Å². The Bertz CT molecular complexity index is 797. The fraction of sp³-hybridized carbons (Fsp3) is 0.188. The number of hydrogen-bond acceptors (Lipinski definition) is 3. The molecule has 0 bridgehead atoms. The summed E-state index contributed by atoms with van der Waals surface area (Å²) >= 11 is 0. The van der Waals surface area contributed by atoms with E-state index in [2.05, 4.69) is 10.0 Å². The highest BCUT2D eigenvalue weighted by Crippen LogP contribution is 2.26. The molecular weight excluding hydrogens is 300 g/mol. The van der Waals surface area contributed by atoms with E-state index in [1.165, 1.54) is 6.92 Å². The lowest BCUT2D eigenvalue weighted by molar-refractivity contribution is -0.114. The number of carbonyl (C=O) groups is 1. The molecule has 0 spiro atoms. The third kappa shape index (κ3) is 3.85. The first-order chi connectivity index (χ1) is 10.3. The van der Waals surface area contributed by atoms with Gasteiger partial charge in [-0.1, -0.05) is 23.8 Å². The minimum Gasteiger partial charge on any atom is -0.325 e. The summed E-state index contributed by atoms with van der Waals surface area (Å²) in [6, 6.07) is 11.7. The summed E-state index contributed by atoms with van der Waals surface area (Å²) in [4.78, 5) is 11.4. The van der Waals surface area contributed by atoms with E-state index in [9.17, 15) is 13.2 Å². The van der Waals surface area contributed by atoms with Crippen LogP contribution in [0.3, 0.4) is 0 Å².